The van der Waals surface area contributed by atoms with Crippen molar-refractivity contribution in [3.05, 3.63) is 53.4 Å². The van der Waals surface area contributed by atoms with E-state index in [1.165, 1.54) is 0 Å². The molecule has 3 rings (SSSR count). The Morgan fingerprint density at radius 3 is 2.76 bits per heavy atom. The number of sulfonamides is 1. The molecule has 0 saturated carbocycles. The molecule has 1 aliphatic rings. The van der Waals surface area contributed by atoms with E-state index in [2.05, 4.69) is 5.16 Å². The van der Waals surface area contributed by atoms with Crippen molar-refractivity contribution in [3.8, 4) is 0 Å². The predicted octanol–water partition coefficient (Wildman–Crippen LogP) is 2.65. The third kappa shape index (κ3) is 3.01. The summed E-state index contributed by atoms with van der Waals surface area (Å²) in [5, 5.41) is 3.87. The van der Waals surface area contributed by atoms with E-state index >= 15 is 0 Å². The molecule has 2 aromatic rings. The minimum absolute atomic E-state index is 0.0253. The summed E-state index contributed by atoms with van der Waals surface area (Å²) in [6.07, 6.45) is 1.63. The Kier molecular flexibility index (Phi) is 3.82. The van der Waals surface area contributed by atoms with E-state index in [9.17, 15) is 8.42 Å². The monoisotopic (exact) mass is 306 g/mol. The molecule has 6 heteroatoms. The molecule has 0 N–H and O–H groups in total. The maximum atomic E-state index is 12.7. The van der Waals surface area contributed by atoms with Gasteiger partial charge < -0.3 is 4.52 Å². The smallest absolute Gasteiger partial charge is 0.218 e. The first-order valence-electron chi connectivity index (χ1n) is 7.03. The molecule has 0 radical (unpaired) electrons. The van der Waals surface area contributed by atoms with Crippen LogP contribution in [0.15, 0.2) is 40.9 Å². The van der Waals surface area contributed by atoms with Gasteiger partial charge in [0.15, 0.2) is 5.76 Å². The van der Waals surface area contributed by atoms with Gasteiger partial charge in [0.05, 0.1) is 17.5 Å². The fourth-order valence-corrected chi connectivity index (χ4v) is 4.55. The highest BCUT2D eigenvalue weighted by atomic mass is 32.2. The van der Waals surface area contributed by atoms with Gasteiger partial charge in [0, 0.05) is 12.6 Å². The Morgan fingerprint density at radius 1 is 1.33 bits per heavy atom. The zero-order valence-electron chi connectivity index (χ0n) is 11.9. The number of benzene rings is 1. The summed E-state index contributed by atoms with van der Waals surface area (Å²) in [6.45, 7) is 2.38. The van der Waals surface area contributed by atoms with Gasteiger partial charge in [-0.2, -0.15) is 4.31 Å². The SMILES string of the molecule is Cc1cc(C2CCCN2S(=O)(=O)Cc2ccccc2)on1. The van der Waals surface area contributed by atoms with Crippen LogP contribution in [0.1, 0.15) is 35.9 Å². The average Bonchev–Trinajstić information content (AvgIpc) is 3.07. The number of hydrogen-bond donors (Lipinski definition) is 0. The lowest BCUT2D eigenvalue weighted by Gasteiger charge is -2.22. The first-order valence-corrected chi connectivity index (χ1v) is 8.64. The van der Waals surface area contributed by atoms with Crippen molar-refractivity contribution >= 4 is 10.0 Å². The van der Waals surface area contributed by atoms with E-state index in [0.717, 1.165) is 24.1 Å². The van der Waals surface area contributed by atoms with Crippen molar-refractivity contribution in [3.63, 3.8) is 0 Å². The molecule has 1 aromatic carbocycles. The lowest BCUT2D eigenvalue weighted by atomic mass is 10.2. The van der Waals surface area contributed by atoms with Crippen LogP contribution in [-0.4, -0.2) is 24.4 Å². The number of hydrogen-bond acceptors (Lipinski definition) is 4. The molecular formula is C15H18N2O3S. The van der Waals surface area contributed by atoms with E-state index < -0.39 is 10.0 Å². The molecule has 1 unspecified atom stereocenters. The van der Waals surface area contributed by atoms with Gasteiger partial charge in [-0.25, -0.2) is 8.42 Å². The molecule has 0 spiro atoms. The van der Waals surface area contributed by atoms with Crippen molar-refractivity contribution in [2.24, 2.45) is 0 Å². The van der Waals surface area contributed by atoms with E-state index in [4.69, 9.17) is 4.52 Å². The molecule has 1 fully saturated rings. The highest BCUT2D eigenvalue weighted by molar-refractivity contribution is 7.88. The fourth-order valence-electron chi connectivity index (χ4n) is 2.77. The van der Waals surface area contributed by atoms with Gasteiger partial charge in [-0.05, 0) is 25.3 Å². The quantitative estimate of drug-likeness (QED) is 0.871. The van der Waals surface area contributed by atoms with E-state index in [0.29, 0.717) is 12.3 Å². The third-order valence-corrected chi connectivity index (χ3v) is 5.58. The second-order valence-corrected chi connectivity index (χ2v) is 7.30. The maximum absolute atomic E-state index is 12.7. The van der Waals surface area contributed by atoms with Crippen LogP contribution in [0, 0.1) is 6.92 Å². The minimum Gasteiger partial charge on any atom is -0.359 e. The molecule has 112 valence electrons. The van der Waals surface area contributed by atoms with Crippen molar-refractivity contribution in [1.82, 2.24) is 9.46 Å². The van der Waals surface area contributed by atoms with Gasteiger partial charge in [0.1, 0.15) is 0 Å². The zero-order valence-corrected chi connectivity index (χ0v) is 12.7. The first kappa shape index (κ1) is 14.3. The van der Waals surface area contributed by atoms with E-state index in [1.54, 1.807) is 4.31 Å². The van der Waals surface area contributed by atoms with Crippen LogP contribution < -0.4 is 0 Å². The number of aryl methyl sites for hydroxylation is 1. The molecule has 5 nitrogen and oxygen atoms in total. The third-order valence-electron chi connectivity index (χ3n) is 3.73. The van der Waals surface area contributed by atoms with Crippen LogP contribution >= 0.6 is 0 Å². The largest absolute Gasteiger partial charge is 0.359 e. The van der Waals surface area contributed by atoms with Gasteiger partial charge in [-0.15, -0.1) is 0 Å². The molecule has 2 heterocycles. The van der Waals surface area contributed by atoms with Gasteiger partial charge in [0.25, 0.3) is 0 Å². The highest BCUT2D eigenvalue weighted by Gasteiger charge is 2.37. The van der Waals surface area contributed by atoms with Crippen LogP contribution in [0.3, 0.4) is 0 Å². The normalized spacial score (nSPS) is 20.0. The fraction of sp³-hybridized carbons (Fsp3) is 0.400. The number of aromatic nitrogens is 1. The maximum Gasteiger partial charge on any atom is 0.218 e. The summed E-state index contributed by atoms with van der Waals surface area (Å²) >= 11 is 0. The van der Waals surface area contributed by atoms with Crippen LogP contribution in [0.5, 0.6) is 0 Å². The van der Waals surface area contributed by atoms with Crippen LogP contribution in [-0.2, 0) is 15.8 Å². The first-order chi connectivity index (χ1) is 10.1. The molecule has 0 amide bonds. The summed E-state index contributed by atoms with van der Waals surface area (Å²) in [4.78, 5) is 0. The Balaban J connectivity index is 1.84. The lowest BCUT2D eigenvalue weighted by Crippen LogP contribution is -2.31. The molecule has 21 heavy (non-hydrogen) atoms. The highest BCUT2D eigenvalue weighted by Crippen LogP contribution is 2.35. The number of rotatable bonds is 4. The summed E-state index contributed by atoms with van der Waals surface area (Å²) in [5.41, 5.74) is 1.58. The van der Waals surface area contributed by atoms with Crippen molar-refractivity contribution < 1.29 is 12.9 Å². The van der Waals surface area contributed by atoms with Crippen LogP contribution in [0.2, 0.25) is 0 Å². The predicted molar refractivity (Wildman–Crippen MR) is 79.0 cm³/mol. The second-order valence-electron chi connectivity index (χ2n) is 5.38. The molecule has 1 atom stereocenters. The Bertz CT molecular complexity index is 710. The van der Waals surface area contributed by atoms with E-state index in [-0.39, 0.29) is 11.8 Å². The molecule has 0 aliphatic carbocycles. The van der Waals surface area contributed by atoms with Crippen molar-refractivity contribution in [2.45, 2.75) is 31.6 Å². The Labute approximate surface area is 124 Å². The summed E-state index contributed by atoms with van der Waals surface area (Å²) in [6, 6.07) is 10.9. The summed E-state index contributed by atoms with van der Waals surface area (Å²) in [5.74, 6) is 0.666. The van der Waals surface area contributed by atoms with Gasteiger partial charge in [-0.3, -0.25) is 0 Å². The lowest BCUT2D eigenvalue weighted by molar-refractivity contribution is 0.297. The van der Waals surface area contributed by atoms with Crippen LogP contribution in [0.4, 0.5) is 0 Å². The topological polar surface area (TPSA) is 63.4 Å². The summed E-state index contributed by atoms with van der Waals surface area (Å²) < 4.78 is 32.1. The minimum atomic E-state index is -3.36. The molecule has 1 aromatic heterocycles. The zero-order chi connectivity index (χ0) is 14.9. The average molecular weight is 306 g/mol. The molecule has 1 aliphatic heterocycles. The second kappa shape index (κ2) is 5.61. The molecule has 1 saturated heterocycles. The molecule has 0 bridgehead atoms. The Morgan fingerprint density at radius 2 is 2.10 bits per heavy atom. The van der Waals surface area contributed by atoms with Gasteiger partial charge >= 0.3 is 0 Å². The van der Waals surface area contributed by atoms with Crippen molar-refractivity contribution in [1.29, 1.82) is 0 Å². The van der Waals surface area contributed by atoms with Crippen molar-refractivity contribution in [2.75, 3.05) is 6.54 Å². The number of nitrogens with zero attached hydrogens (tertiary/aromatic N) is 2. The van der Waals surface area contributed by atoms with E-state index in [1.807, 2.05) is 43.3 Å². The van der Waals surface area contributed by atoms with Gasteiger partial charge in [0.2, 0.25) is 10.0 Å². The van der Waals surface area contributed by atoms with Gasteiger partial charge in [-0.1, -0.05) is 35.5 Å². The molecular weight excluding hydrogens is 288 g/mol. The standard InChI is InChI=1S/C15H18N2O3S/c1-12-10-15(20-16-12)14-8-5-9-17(14)21(18,19)11-13-6-3-2-4-7-13/h2-4,6-7,10,14H,5,8-9,11H2,1H3. The van der Waals surface area contributed by atoms with Crippen LogP contribution in [0.25, 0.3) is 0 Å². The summed E-state index contributed by atoms with van der Waals surface area (Å²) in [7, 11) is -3.36. The Hall–Kier alpha value is -1.66.